The molecule has 0 saturated heterocycles. The van der Waals surface area contributed by atoms with Crippen LogP contribution in [0.3, 0.4) is 0 Å². The zero-order valence-electron chi connectivity index (χ0n) is 11.6. The molecule has 0 spiro atoms. The third-order valence-corrected chi connectivity index (χ3v) is 3.15. The number of methoxy groups -OCH3 is 1. The van der Waals surface area contributed by atoms with Gasteiger partial charge in [-0.25, -0.2) is 9.97 Å². The highest BCUT2D eigenvalue weighted by Gasteiger charge is 2.13. The smallest absolute Gasteiger partial charge is 0.221 e. The number of ether oxygens (including phenoxy) is 1. The van der Waals surface area contributed by atoms with Crippen molar-refractivity contribution < 1.29 is 4.74 Å². The Balaban J connectivity index is 2.24. The number of hydrogen-bond donors (Lipinski definition) is 1. The summed E-state index contributed by atoms with van der Waals surface area (Å²) in [6.45, 7) is 4.11. The molecule has 2 rings (SSSR count). The number of hydrogen-bond acceptors (Lipinski definition) is 4. The average Bonchev–Trinajstić information content (AvgIpc) is 2.47. The molecule has 1 heterocycles. The first-order chi connectivity index (χ1) is 9.26. The van der Waals surface area contributed by atoms with Crippen molar-refractivity contribution in [3.8, 4) is 5.88 Å². The van der Waals surface area contributed by atoms with Crippen LogP contribution < -0.4 is 10.1 Å². The van der Waals surface area contributed by atoms with Gasteiger partial charge in [0, 0.05) is 0 Å². The predicted molar refractivity (Wildman–Crippen MR) is 76.4 cm³/mol. The largest absolute Gasteiger partial charge is 0.481 e. The fourth-order valence-electron chi connectivity index (χ4n) is 2.06. The molecule has 1 unspecified atom stereocenters. The van der Waals surface area contributed by atoms with Crippen LogP contribution >= 0.6 is 0 Å². The van der Waals surface area contributed by atoms with Gasteiger partial charge in [0.05, 0.1) is 18.7 Å². The first-order valence-electron chi connectivity index (χ1n) is 6.43. The molecule has 19 heavy (non-hydrogen) atoms. The fourth-order valence-corrected chi connectivity index (χ4v) is 2.06. The molecule has 1 atom stereocenters. The van der Waals surface area contributed by atoms with Crippen molar-refractivity contribution in [3.63, 3.8) is 0 Å². The molecule has 0 amide bonds. The summed E-state index contributed by atoms with van der Waals surface area (Å²) < 4.78 is 5.22. The van der Waals surface area contributed by atoms with E-state index in [9.17, 15) is 0 Å². The Morgan fingerprint density at radius 2 is 1.95 bits per heavy atom. The van der Waals surface area contributed by atoms with E-state index in [1.165, 1.54) is 11.9 Å². The van der Waals surface area contributed by atoms with Gasteiger partial charge in [0.2, 0.25) is 5.88 Å². The van der Waals surface area contributed by atoms with E-state index in [0.29, 0.717) is 5.88 Å². The van der Waals surface area contributed by atoms with E-state index in [0.717, 1.165) is 17.8 Å². The van der Waals surface area contributed by atoms with Gasteiger partial charge in [-0.1, -0.05) is 37.3 Å². The van der Waals surface area contributed by atoms with Crippen molar-refractivity contribution in [2.45, 2.75) is 26.3 Å². The highest BCUT2D eigenvalue weighted by Crippen LogP contribution is 2.26. The fraction of sp³-hybridized carbons (Fsp3) is 0.333. The van der Waals surface area contributed by atoms with Gasteiger partial charge in [0.15, 0.2) is 0 Å². The van der Waals surface area contributed by atoms with Gasteiger partial charge >= 0.3 is 0 Å². The molecule has 1 aromatic heterocycles. The first-order valence-corrected chi connectivity index (χ1v) is 6.43. The summed E-state index contributed by atoms with van der Waals surface area (Å²) in [6.07, 6.45) is 2.50. The van der Waals surface area contributed by atoms with Crippen molar-refractivity contribution in [1.29, 1.82) is 0 Å². The van der Waals surface area contributed by atoms with Crippen LogP contribution in [0.1, 0.15) is 30.5 Å². The third-order valence-electron chi connectivity index (χ3n) is 3.15. The minimum absolute atomic E-state index is 0.236. The number of aromatic nitrogens is 2. The second kappa shape index (κ2) is 6.18. The molecule has 0 fully saturated rings. The van der Waals surface area contributed by atoms with E-state index in [1.54, 1.807) is 7.11 Å². The molecule has 100 valence electrons. The van der Waals surface area contributed by atoms with Gasteiger partial charge in [-0.15, -0.1) is 0 Å². The number of anilines is 1. The van der Waals surface area contributed by atoms with Crippen LogP contribution in [0.2, 0.25) is 0 Å². The van der Waals surface area contributed by atoms with Gasteiger partial charge in [-0.05, 0) is 18.9 Å². The summed E-state index contributed by atoms with van der Waals surface area (Å²) in [7, 11) is 1.62. The molecular formula is C15H19N3O. The molecule has 4 heteroatoms. The molecule has 0 radical (unpaired) electrons. The standard InChI is InChI=1S/C15H19N3O/c1-4-13(12-8-6-5-7-9-12)18-14-11(2)15(19-3)17-10-16-14/h5-10,13H,4H2,1-3H3,(H,16,17,18). The lowest BCUT2D eigenvalue weighted by Crippen LogP contribution is -2.12. The number of rotatable bonds is 5. The summed E-state index contributed by atoms with van der Waals surface area (Å²) in [5.74, 6) is 1.43. The van der Waals surface area contributed by atoms with Crippen LogP contribution in [-0.2, 0) is 0 Å². The summed E-state index contributed by atoms with van der Waals surface area (Å²) in [6, 6.07) is 10.6. The van der Waals surface area contributed by atoms with Crippen molar-refractivity contribution in [3.05, 3.63) is 47.8 Å². The zero-order valence-corrected chi connectivity index (χ0v) is 11.6. The molecular weight excluding hydrogens is 238 g/mol. The number of benzene rings is 1. The SMILES string of the molecule is CCC(Nc1ncnc(OC)c1C)c1ccccc1. The van der Waals surface area contributed by atoms with Crippen LogP contribution in [0.5, 0.6) is 5.88 Å². The lowest BCUT2D eigenvalue weighted by molar-refractivity contribution is 0.393. The molecule has 0 aliphatic heterocycles. The minimum Gasteiger partial charge on any atom is -0.481 e. The zero-order chi connectivity index (χ0) is 13.7. The Hall–Kier alpha value is -2.10. The van der Waals surface area contributed by atoms with Gasteiger partial charge < -0.3 is 10.1 Å². The second-order valence-electron chi connectivity index (χ2n) is 4.37. The van der Waals surface area contributed by atoms with Crippen molar-refractivity contribution >= 4 is 5.82 Å². The van der Waals surface area contributed by atoms with E-state index in [-0.39, 0.29) is 6.04 Å². The monoisotopic (exact) mass is 257 g/mol. The van der Waals surface area contributed by atoms with E-state index < -0.39 is 0 Å². The molecule has 1 aromatic carbocycles. The summed E-state index contributed by atoms with van der Waals surface area (Å²) in [4.78, 5) is 8.39. The van der Waals surface area contributed by atoms with Crippen LogP contribution in [-0.4, -0.2) is 17.1 Å². The maximum atomic E-state index is 5.22. The molecule has 4 nitrogen and oxygen atoms in total. The third kappa shape index (κ3) is 3.02. The van der Waals surface area contributed by atoms with Crippen molar-refractivity contribution in [1.82, 2.24) is 9.97 Å². The van der Waals surface area contributed by atoms with Crippen LogP contribution in [0.4, 0.5) is 5.82 Å². The highest BCUT2D eigenvalue weighted by atomic mass is 16.5. The molecule has 1 N–H and O–H groups in total. The minimum atomic E-state index is 0.236. The lowest BCUT2D eigenvalue weighted by Gasteiger charge is -2.19. The van der Waals surface area contributed by atoms with E-state index in [1.807, 2.05) is 25.1 Å². The molecule has 0 aliphatic carbocycles. The Morgan fingerprint density at radius 3 is 2.58 bits per heavy atom. The number of nitrogens with zero attached hydrogens (tertiary/aromatic N) is 2. The van der Waals surface area contributed by atoms with Crippen molar-refractivity contribution in [2.75, 3.05) is 12.4 Å². The van der Waals surface area contributed by atoms with Crippen LogP contribution in [0, 0.1) is 6.92 Å². The average molecular weight is 257 g/mol. The maximum Gasteiger partial charge on any atom is 0.221 e. The normalized spacial score (nSPS) is 11.9. The molecule has 0 saturated carbocycles. The lowest BCUT2D eigenvalue weighted by atomic mass is 10.0. The van der Waals surface area contributed by atoms with Gasteiger partial charge in [0.1, 0.15) is 12.1 Å². The molecule has 2 aromatic rings. The summed E-state index contributed by atoms with van der Waals surface area (Å²) >= 11 is 0. The summed E-state index contributed by atoms with van der Waals surface area (Å²) in [5, 5.41) is 3.46. The van der Waals surface area contributed by atoms with E-state index in [2.05, 4.69) is 34.3 Å². The van der Waals surface area contributed by atoms with Gasteiger partial charge in [-0.3, -0.25) is 0 Å². The number of nitrogens with one attached hydrogen (secondary N) is 1. The second-order valence-corrected chi connectivity index (χ2v) is 4.37. The first kappa shape index (κ1) is 13.3. The highest BCUT2D eigenvalue weighted by molar-refractivity contribution is 5.49. The van der Waals surface area contributed by atoms with E-state index >= 15 is 0 Å². The Bertz CT molecular complexity index is 528. The quantitative estimate of drug-likeness (QED) is 0.892. The van der Waals surface area contributed by atoms with Crippen LogP contribution in [0.15, 0.2) is 36.7 Å². The van der Waals surface area contributed by atoms with E-state index in [4.69, 9.17) is 4.74 Å². The summed E-state index contributed by atoms with van der Waals surface area (Å²) in [5.41, 5.74) is 2.18. The Morgan fingerprint density at radius 1 is 1.21 bits per heavy atom. The van der Waals surface area contributed by atoms with Crippen LogP contribution in [0.25, 0.3) is 0 Å². The van der Waals surface area contributed by atoms with Gasteiger partial charge in [0.25, 0.3) is 0 Å². The predicted octanol–water partition coefficient (Wildman–Crippen LogP) is 3.36. The van der Waals surface area contributed by atoms with Crippen molar-refractivity contribution in [2.24, 2.45) is 0 Å². The Labute approximate surface area is 113 Å². The Kier molecular flexibility index (Phi) is 4.34. The topological polar surface area (TPSA) is 47.0 Å². The molecule has 0 aliphatic rings. The van der Waals surface area contributed by atoms with Gasteiger partial charge in [-0.2, -0.15) is 0 Å². The maximum absolute atomic E-state index is 5.22. The molecule has 0 bridgehead atoms.